The molecule has 3 amide bonds. The molecule has 0 radical (unpaired) electrons. The lowest BCUT2D eigenvalue weighted by Crippen LogP contribution is -2.41. The number of carbonyl (C=O) groups is 2. The van der Waals surface area contributed by atoms with E-state index in [0.29, 0.717) is 17.1 Å². The van der Waals surface area contributed by atoms with Gasteiger partial charge in [0.1, 0.15) is 23.6 Å². The Morgan fingerprint density at radius 3 is 2.13 bits per heavy atom. The third-order valence-electron chi connectivity index (χ3n) is 5.13. The Labute approximate surface area is 181 Å². The maximum absolute atomic E-state index is 12.9. The van der Waals surface area contributed by atoms with E-state index in [1.165, 1.54) is 38.4 Å². The molecule has 0 aromatic heterocycles. The molecule has 1 heterocycles. The number of amides is 3. The van der Waals surface area contributed by atoms with Gasteiger partial charge in [-0.25, -0.2) is 17.5 Å². The van der Waals surface area contributed by atoms with Gasteiger partial charge in [0.05, 0.1) is 18.6 Å². The van der Waals surface area contributed by atoms with Crippen LogP contribution in [0.1, 0.15) is 12.5 Å². The van der Waals surface area contributed by atoms with Gasteiger partial charge in [0.2, 0.25) is 10.0 Å². The van der Waals surface area contributed by atoms with Crippen LogP contribution in [0.5, 0.6) is 11.5 Å². The third kappa shape index (κ3) is 4.35. The SMILES string of the molecule is COc1ccc([C@]2(C)NC(=O)N(CCOc3ccc(S(=O)(=O)N(C)C)cc3)C2=O)cc1. The summed E-state index contributed by atoms with van der Waals surface area (Å²) in [5.74, 6) is 0.708. The van der Waals surface area contributed by atoms with Crippen molar-refractivity contribution in [2.75, 3.05) is 34.4 Å². The number of hydrogen-bond acceptors (Lipinski definition) is 6. The van der Waals surface area contributed by atoms with Gasteiger partial charge in [0.25, 0.3) is 5.91 Å². The molecule has 1 saturated heterocycles. The Bertz CT molecular complexity index is 1070. The Morgan fingerprint density at radius 2 is 1.58 bits per heavy atom. The molecule has 1 N–H and O–H groups in total. The topological polar surface area (TPSA) is 105 Å². The smallest absolute Gasteiger partial charge is 0.325 e. The predicted octanol–water partition coefficient (Wildman–Crippen LogP) is 1.79. The Balaban J connectivity index is 1.63. The maximum atomic E-state index is 12.9. The fourth-order valence-electron chi connectivity index (χ4n) is 3.19. The number of nitrogens with zero attached hydrogens (tertiary/aromatic N) is 2. The van der Waals surface area contributed by atoms with Gasteiger partial charge in [0.15, 0.2) is 0 Å². The van der Waals surface area contributed by atoms with Crippen LogP contribution in [-0.4, -0.2) is 63.9 Å². The number of imide groups is 1. The summed E-state index contributed by atoms with van der Waals surface area (Å²) in [6.07, 6.45) is 0. The van der Waals surface area contributed by atoms with Crippen LogP contribution in [0.3, 0.4) is 0 Å². The largest absolute Gasteiger partial charge is 0.497 e. The number of hydrogen-bond donors (Lipinski definition) is 1. The molecule has 0 saturated carbocycles. The Kier molecular flexibility index (Phi) is 6.23. The number of nitrogens with one attached hydrogen (secondary N) is 1. The maximum Gasteiger partial charge on any atom is 0.325 e. The molecule has 0 bridgehead atoms. The minimum atomic E-state index is -3.52. The van der Waals surface area contributed by atoms with Crippen molar-refractivity contribution in [2.45, 2.75) is 17.4 Å². The first-order chi connectivity index (χ1) is 14.6. The van der Waals surface area contributed by atoms with Gasteiger partial charge in [0, 0.05) is 14.1 Å². The fraction of sp³-hybridized carbons (Fsp3) is 0.333. The summed E-state index contributed by atoms with van der Waals surface area (Å²) >= 11 is 0. The quantitative estimate of drug-likeness (QED) is 0.619. The summed E-state index contributed by atoms with van der Waals surface area (Å²) in [5.41, 5.74) is -0.529. The molecule has 1 atom stereocenters. The molecule has 2 aromatic carbocycles. The Morgan fingerprint density at radius 1 is 1.00 bits per heavy atom. The molecular formula is C21H25N3O6S. The van der Waals surface area contributed by atoms with Gasteiger partial charge in [-0.2, -0.15) is 0 Å². The van der Waals surface area contributed by atoms with E-state index in [2.05, 4.69) is 5.32 Å². The van der Waals surface area contributed by atoms with Crippen LogP contribution in [0.25, 0.3) is 0 Å². The second-order valence-corrected chi connectivity index (χ2v) is 9.50. The second kappa shape index (κ2) is 8.56. The van der Waals surface area contributed by atoms with E-state index >= 15 is 0 Å². The lowest BCUT2D eigenvalue weighted by molar-refractivity contribution is -0.131. The van der Waals surface area contributed by atoms with Crippen molar-refractivity contribution in [3.63, 3.8) is 0 Å². The van der Waals surface area contributed by atoms with E-state index in [9.17, 15) is 18.0 Å². The van der Waals surface area contributed by atoms with E-state index in [1.54, 1.807) is 38.3 Å². The first-order valence-electron chi connectivity index (χ1n) is 9.53. The molecule has 0 aliphatic carbocycles. The van der Waals surface area contributed by atoms with Crippen molar-refractivity contribution < 1.29 is 27.5 Å². The van der Waals surface area contributed by atoms with Crippen LogP contribution in [0.15, 0.2) is 53.4 Å². The lowest BCUT2D eigenvalue weighted by Gasteiger charge is -2.22. The highest BCUT2D eigenvalue weighted by Gasteiger charge is 2.48. The summed E-state index contributed by atoms with van der Waals surface area (Å²) in [5, 5.41) is 2.74. The van der Waals surface area contributed by atoms with Crippen LogP contribution in [0.2, 0.25) is 0 Å². The molecule has 1 fully saturated rings. The zero-order valence-corrected chi connectivity index (χ0v) is 18.6. The molecule has 10 heteroatoms. The molecule has 1 aliphatic rings. The van der Waals surface area contributed by atoms with Crippen LogP contribution in [0.4, 0.5) is 4.79 Å². The molecular weight excluding hydrogens is 422 g/mol. The average Bonchev–Trinajstić information content (AvgIpc) is 2.98. The Hall–Kier alpha value is -3.11. The van der Waals surface area contributed by atoms with Gasteiger partial charge in [-0.3, -0.25) is 9.69 Å². The van der Waals surface area contributed by atoms with Crippen LogP contribution in [0, 0.1) is 0 Å². The van der Waals surface area contributed by atoms with E-state index in [4.69, 9.17) is 9.47 Å². The first-order valence-corrected chi connectivity index (χ1v) is 11.0. The minimum Gasteiger partial charge on any atom is -0.497 e. The number of sulfonamides is 1. The van der Waals surface area contributed by atoms with E-state index in [-0.39, 0.29) is 24.0 Å². The molecule has 166 valence electrons. The van der Waals surface area contributed by atoms with Crippen LogP contribution < -0.4 is 14.8 Å². The van der Waals surface area contributed by atoms with E-state index < -0.39 is 21.6 Å². The number of rotatable bonds is 8. The van der Waals surface area contributed by atoms with Crippen molar-refractivity contribution in [1.29, 1.82) is 0 Å². The molecule has 1 aliphatic heterocycles. The number of urea groups is 1. The van der Waals surface area contributed by atoms with Gasteiger partial charge in [-0.05, 0) is 48.9 Å². The monoisotopic (exact) mass is 447 g/mol. The summed E-state index contributed by atoms with van der Waals surface area (Å²) < 4.78 is 36.1. The third-order valence-corrected chi connectivity index (χ3v) is 6.96. The van der Waals surface area contributed by atoms with Crippen molar-refractivity contribution in [3.8, 4) is 11.5 Å². The predicted molar refractivity (Wildman–Crippen MR) is 113 cm³/mol. The van der Waals surface area contributed by atoms with Crippen molar-refractivity contribution in [2.24, 2.45) is 0 Å². The fourth-order valence-corrected chi connectivity index (χ4v) is 4.10. The molecule has 0 unspecified atom stereocenters. The van der Waals surface area contributed by atoms with Crippen molar-refractivity contribution >= 4 is 22.0 Å². The highest BCUT2D eigenvalue weighted by atomic mass is 32.2. The molecule has 9 nitrogen and oxygen atoms in total. The number of methoxy groups -OCH3 is 1. The highest BCUT2D eigenvalue weighted by molar-refractivity contribution is 7.89. The zero-order valence-electron chi connectivity index (χ0n) is 17.8. The normalized spacial score (nSPS) is 18.9. The van der Waals surface area contributed by atoms with Gasteiger partial charge in [-0.15, -0.1) is 0 Å². The molecule has 31 heavy (non-hydrogen) atoms. The number of ether oxygens (including phenoxy) is 2. The van der Waals surface area contributed by atoms with E-state index in [1.807, 2.05) is 0 Å². The average molecular weight is 448 g/mol. The van der Waals surface area contributed by atoms with E-state index in [0.717, 1.165) is 9.21 Å². The number of carbonyl (C=O) groups excluding carboxylic acids is 2. The van der Waals surface area contributed by atoms with Gasteiger partial charge in [-0.1, -0.05) is 12.1 Å². The van der Waals surface area contributed by atoms with Crippen LogP contribution in [-0.2, 0) is 20.4 Å². The standard InChI is InChI=1S/C21H25N3O6S/c1-21(15-5-7-16(29-4)8-6-15)19(25)24(20(26)22-21)13-14-30-17-9-11-18(12-10-17)31(27,28)23(2)3/h5-12H,13-14H2,1-4H3,(H,22,26)/t21-/m0/s1. The molecule has 3 rings (SSSR count). The minimum absolute atomic E-state index is 0.0498. The second-order valence-electron chi connectivity index (χ2n) is 7.35. The van der Waals surface area contributed by atoms with Crippen molar-refractivity contribution in [3.05, 3.63) is 54.1 Å². The van der Waals surface area contributed by atoms with Crippen molar-refractivity contribution in [1.82, 2.24) is 14.5 Å². The lowest BCUT2D eigenvalue weighted by atomic mass is 9.92. The zero-order chi connectivity index (χ0) is 22.8. The van der Waals surface area contributed by atoms with Gasteiger partial charge >= 0.3 is 6.03 Å². The van der Waals surface area contributed by atoms with Crippen LogP contribution >= 0.6 is 0 Å². The van der Waals surface area contributed by atoms with Gasteiger partial charge < -0.3 is 14.8 Å². The highest BCUT2D eigenvalue weighted by Crippen LogP contribution is 2.30. The summed E-state index contributed by atoms with van der Waals surface area (Å²) in [6, 6.07) is 12.4. The number of benzene rings is 2. The molecule has 0 spiro atoms. The summed E-state index contributed by atoms with van der Waals surface area (Å²) in [7, 11) is 0.942. The molecule has 2 aromatic rings. The first kappa shape index (κ1) is 22.6. The summed E-state index contributed by atoms with van der Waals surface area (Å²) in [4.78, 5) is 26.6. The summed E-state index contributed by atoms with van der Waals surface area (Å²) in [6.45, 7) is 1.77.